The average molecular weight is 429 g/mol. The Morgan fingerprint density at radius 1 is 1.27 bits per heavy atom. The van der Waals surface area contributed by atoms with Crippen LogP contribution < -0.4 is 10.2 Å². The number of aromatic nitrogens is 2. The molecule has 0 aliphatic carbocycles. The molecular formula is C22H25ClN4O3. The number of benzene rings is 1. The van der Waals surface area contributed by atoms with Gasteiger partial charge in [-0.3, -0.25) is 4.79 Å². The van der Waals surface area contributed by atoms with Crippen LogP contribution in [0.4, 0.5) is 6.01 Å². The lowest BCUT2D eigenvalue weighted by Gasteiger charge is -2.30. The van der Waals surface area contributed by atoms with Gasteiger partial charge in [0.1, 0.15) is 5.76 Å². The molecule has 1 aromatic carbocycles. The van der Waals surface area contributed by atoms with E-state index in [1.807, 2.05) is 36.1 Å². The smallest absolute Gasteiger partial charge is 0.324 e. The molecule has 7 nitrogen and oxygen atoms in total. The minimum atomic E-state index is 0.00553. The molecule has 1 saturated heterocycles. The highest BCUT2D eigenvalue weighted by Gasteiger charge is 2.28. The van der Waals surface area contributed by atoms with Crippen molar-refractivity contribution < 1.29 is 13.7 Å². The third-order valence-electron chi connectivity index (χ3n) is 5.45. The van der Waals surface area contributed by atoms with Crippen molar-refractivity contribution in [2.24, 2.45) is 5.92 Å². The topological polar surface area (TPSA) is 84.4 Å². The largest absolute Gasteiger partial charge is 0.469 e. The molecule has 0 unspecified atom stereocenters. The molecule has 0 bridgehead atoms. The second-order valence-electron chi connectivity index (χ2n) is 7.70. The van der Waals surface area contributed by atoms with Crippen molar-refractivity contribution in [2.45, 2.75) is 38.6 Å². The lowest BCUT2D eigenvalue weighted by Crippen LogP contribution is -2.43. The quantitative estimate of drug-likeness (QED) is 0.602. The van der Waals surface area contributed by atoms with Crippen LogP contribution in [-0.2, 0) is 11.2 Å². The highest BCUT2D eigenvalue weighted by molar-refractivity contribution is 6.30. The van der Waals surface area contributed by atoms with Crippen molar-refractivity contribution >= 4 is 23.5 Å². The van der Waals surface area contributed by atoms with E-state index >= 15 is 0 Å². The molecule has 1 atom stereocenters. The highest BCUT2D eigenvalue weighted by atomic mass is 35.5. The van der Waals surface area contributed by atoms with Crippen LogP contribution in [0.3, 0.4) is 0 Å². The number of piperidine rings is 1. The molecule has 2 aromatic heterocycles. The number of rotatable bonds is 7. The number of amides is 1. The predicted octanol–water partition coefficient (Wildman–Crippen LogP) is 4.34. The lowest BCUT2D eigenvalue weighted by atomic mass is 9.95. The average Bonchev–Trinajstić information content (AvgIpc) is 3.45. The van der Waals surface area contributed by atoms with Crippen LogP contribution in [0.2, 0.25) is 5.02 Å². The molecule has 30 heavy (non-hydrogen) atoms. The van der Waals surface area contributed by atoms with Gasteiger partial charge in [0.15, 0.2) is 0 Å². The molecule has 1 fully saturated rings. The third kappa shape index (κ3) is 5.02. The number of hydrogen-bond acceptors (Lipinski definition) is 6. The SMILES string of the molecule is C[C@H](CCc1ccco1)NC(=O)C1CCN(c2nc(-c3ccc(Cl)cc3)no2)CC1. The molecule has 8 heteroatoms. The zero-order valence-corrected chi connectivity index (χ0v) is 17.6. The number of hydrogen-bond donors (Lipinski definition) is 1. The normalized spacial score (nSPS) is 15.9. The fourth-order valence-electron chi connectivity index (χ4n) is 3.64. The standard InChI is InChI=1S/C22H25ClN4O3/c1-15(4-9-19-3-2-14-29-19)24-21(28)17-10-12-27(13-11-17)22-25-20(26-30-22)16-5-7-18(23)8-6-16/h2-3,5-8,14-15,17H,4,9-13H2,1H3,(H,24,28)/t15-/m1/s1. The number of nitrogens with zero attached hydrogens (tertiary/aromatic N) is 3. The first-order chi connectivity index (χ1) is 14.6. The van der Waals surface area contributed by atoms with Crippen LogP contribution in [0, 0.1) is 5.92 Å². The van der Waals surface area contributed by atoms with Crippen molar-refractivity contribution in [3.8, 4) is 11.4 Å². The molecule has 0 saturated carbocycles. The molecule has 1 aliphatic rings. The summed E-state index contributed by atoms with van der Waals surface area (Å²) in [6, 6.07) is 11.8. The summed E-state index contributed by atoms with van der Waals surface area (Å²) in [5.74, 6) is 1.61. The zero-order chi connectivity index (χ0) is 20.9. The summed E-state index contributed by atoms with van der Waals surface area (Å²) in [6.45, 7) is 3.45. The van der Waals surface area contributed by atoms with Crippen molar-refractivity contribution in [3.05, 3.63) is 53.4 Å². The highest BCUT2D eigenvalue weighted by Crippen LogP contribution is 2.25. The summed E-state index contributed by atoms with van der Waals surface area (Å²) in [7, 11) is 0. The van der Waals surface area contributed by atoms with Crippen LogP contribution in [0.25, 0.3) is 11.4 Å². The Labute approximate surface area is 180 Å². The van der Waals surface area contributed by atoms with Gasteiger partial charge in [-0.15, -0.1) is 0 Å². The van der Waals surface area contributed by atoms with Gasteiger partial charge in [0.2, 0.25) is 11.7 Å². The number of carbonyl (C=O) groups is 1. The van der Waals surface area contributed by atoms with Crippen molar-refractivity contribution in [3.63, 3.8) is 0 Å². The molecule has 158 valence electrons. The molecule has 3 aromatic rings. The summed E-state index contributed by atoms with van der Waals surface area (Å²) in [5, 5.41) is 7.87. The van der Waals surface area contributed by atoms with E-state index < -0.39 is 0 Å². The van der Waals surface area contributed by atoms with Gasteiger partial charge in [-0.05, 0) is 62.6 Å². The van der Waals surface area contributed by atoms with E-state index in [0.717, 1.165) is 37.0 Å². The van der Waals surface area contributed by atoms with E-state index in [0.29, 0.717) is 30.0 Å². The Balaban J connectivity index is 1.25. The number of carbonyl (C=O) groups excluding carboxylic acids is 1. The molecular weight excluding hydrogens is 404 g/mol. The maximum absolute atomic E-state index is 12.6. The Morgan fingerprint density at radius 3 is 2.73 bits per heavy atom. The van der Waals surface area contributed by atoms with E-state index in [1.54, 1.807) is 18.4 Å². The van der Waals surface area contributed by atoms with E-state index in [4.69, 9.17) is 20.5 Å². The van der Waals surface area contributed by atoms with Gasteiger partial charge in [0.05, 0.1) is 6.26 Å². The minimum Gasteiger partial charge on any atom is -0.469 e. The summed E-state index contributed by atoms with van der Waals surface area (Å²) in [4.78, 5) is 19.1. The Bertz CT molecular complexity index is 947. The maximum Gasteiger partial charge on any atom is 0.324 e. The van der Waals surface area contributed by atoms with E-state index in [1.165, 1.54) is 0 Å². The first-order valence-corrected chi connectivity index (χ1v) is 10.6. The molecule has 4 rings (SSSR count). The van der Waals surface area contributed by atoms with Crippen LogP contribution in [-0.4, -0.2) is 35.2 Å². The summed E-state index contributed by atoms with van der Waals surface area (Å²) >= 11 is 5.93. The van der Waals surface area contributed by atoms with Gasteiger partial charge in [-0.25, -0.2) is 0 Å². The lowest BCUT2D eigenvalue weighted by molar-refractivity contribution is -0.126. The molecule has 3 heterocycles. The number of nitrogens with one attached hydrogen (secondary N) is 1. The Kier molecular flexibility index (Phi) is 6.38. The minimum absolute atomic E-state index is 0.00553. The third-order valence-corrected chi connectivity index (χ3v) is 5.70. The Morgan fingerprint density at radius 2 is 2.03 bits per heavy atom. The summed E-state index contributed by atoms with van der Waals surface area (Å²) < 4.78 is 10.8. The number of furan rings is 1. The zero-order valence-electron chi connectivity index (χ0n) is 16.9. The van der Waals surface area contributed by atoms with Gasteiger partial charge in [-0.2, -0.15) is 4.98 Å². The number of halogens is 1. The van der Waals surface area contributed by atoms with Crippen LogP contribution in [0.15, 0.2) is 51.6 Å². The number of anilines is 1. The predicted molar refractivity (Wildman–Crippen MR) is 114 cm³/mol. The van der Waals surface area contributed by atoms with Gasteiger partial charge in [0, 0.05) is 42.1 Å². The summed E-state index contributed by atoms with van der Waals surface area (Å²) in [6.07, 6.45) is 4.87. The Hall–Kier alpha value is -2.80. The summed E-state index contributed by atoms with van der Waals surface area (Å²) in [5.41, 5.74) is 0.854. The molecule has 1 N–H and O–H groups in total. The van der Waals surface area contributed by atoms with Gasteiger partial charge in [0.25, 0.3) is 0 Å². The molecule has 1 aliphatic heterocycles. The van der Waals surface area contributed by atoms with Crippen LogP contribution >= 0.6 is 11.6 Å². The van der Waals surface area contributed by atoms with Crippen LogP contribution in [0.1, 0.15) is 31.9 Å². The number of aryl methyl sites for hydroxylation is 1. The monoisotopic (exact) mass is 428 g/mol. The second-order valence-corrected chi connectivity index (χ2v) is 8.13. The maximum atomic E-state index is 12.6. The van der Waals surface area contributed by atoms with Crippen molar-refractivity contribution in [2.75, 3.05) is 18.0 Å². The van der Waals surface area contributed by atoms with Gasteiger partial charge >= 0.3 is 6.01 Å². The fraction of sp³-hybridized carbons (Fsp3) is 0.409. The van der Waals surface area contributed by atoms with E-state index in [-0.39, 0.29) is 17.9 Å². The fourth-order valence-corrected chi connectivity index (χ4v) is 3.77. The molecule has 1 amide bonds. The molecule has 0 radical (unpaired) electrons. The first kappa shape index (κ1) is 20.5. The van der Waals surface area contributed by atoms with Crippen molar-refractivity contribution in [1.29, 1.82) is 0 Å². The molecule has 0 spiro atoms. The van der Waals surface area contributed by atoms with Gasteiger partial charge in [-0.1, -0.05) is 16.8 Å². The van der Waals surface area contributed by atoms with E-state index in [2.05, 4.69) is 15.5 Å². The van der Waals surface area contributed by atoms with Crippen molar-refractivity contribution in [1.82, 2.24) is 15.5 Å². The van der Waals surface area contributed by atoms with E-state index in [9.17, 15) is 4.79 Å². The first-order valence-electron chi connectivity index (χ1n) is 10.3. The second kappa shape index (κ2) is 9.34. The van der Waals surface area contributed by atoms with Gasteiger partial charge < -0.3 is 19.2 Å². The van der Waals surface area contributed by atoms with Crippen LogP contribution in [0.5, 0.6) is 0 Å².